The Morgan fingerprint density at radius 3 is 3.12 bits per heavy atom. The van der Waals surface area contributed by atoms with Crippen LogP contribution in [0, 0.1) is 16.2 Å². The summed E-state index contributed by atoms with van der Waals surface area (Å²) in [6.07, 6.45) is 1.26. The largest absolute Gasteiger partial charge is 0.496 e. The molecular weight excluding hydrogens is 260 g/mol. The minimum absolute atomic E-state index is 0.0337. The summed E-state index contributed by atoms with van der Waals surface area (Å²) in [7, 11) is 1.57. The van der Waals surface area contributed by atoms with Crippen LogP contribution in [0.15, 0.2) is 33.6 Å². The maximum atomic E-state index is 10.5. The Balaban J connectivity index is 2.22. The van der Waals surface area contributed by atoms with Gasteiger partial charge >= 0.3 is 5.00 Å². The van der Waals surface area contributed by atoms with Gasteiger partial charge in [0.15, 0.2) is 4.34 Å². The molecule has 0 aliphatic heterocycles. The van der Waals surface area contributed by atoms with Crippen LogP contribution in [0.1, 0.15) is 0 Å². The lowest BCUT2D eigenvalue weighted by molar-refractivity contribution is -0.380. The molecule has 2 rings (SSSR count). The molecule has 5 nitrogen and oxygen atoms in total. The van der Waals surface area contributed by atoms with E-state index in [4.69, 9.17) is 4.74 Å². The fraction of sp³-hybridized carbons (Fsp3) is 0.100. The van der Waals surface area contributed by atoms with Gasteiger partial charge in [0, 0.05) is 0 Å². The first kappa shape index (κ1) is 11.9. The van der Waals surface area contributed by atoms with E-state index in [0.717, 1.165) is 16.2 Å². The number of aromatic nitrogens is 1. The number of hydrogen-bond donors (Lipinski definition) is 0. The van der Waals surface area contributed by atoms with Crippen LogP contribution in [0.5, 0.6) is 5.75 Å². The van der Waals surface area contributed by atoms with Crippen molar-refractivity contribution >= 4 is 28.1 Å². The molecule has 0 saturated heterocycles. The van der Waals surface area contributed by atoms with Gasteiger partial charge in [0.1, 0.15) is 11.9 Å². The summed E-state index contributed by atoms with van der Waals surface area (Å²) in [5.41, 5.74) is 0. The van der Waals surface area contributed by atoms with Gasteiger partial charge in [-0.1, -0.05) is 17.8 Å². The van der Waals surface area contributed by atoms with Crippen molar-refractivity contribution in [3.63, 3.8) is 0 Å². The minimum Gasteiger partial charge on any atom is -0.496 e. The van der Waals surface area contributed by atoms with Gasteiger partial charge in [-0.25, -0.2) is 4.98 Å². The molecule has 0 bridgehead atoms. The number of hydrogen-bond acceptors (Lipinski definition) is 6. The Morgan fingerprint density at radius 2 is 2.47 bits per heavy atom. The SMILES string of the molecule is COc1cc[c]cc1Sc1ncc([N+](=O)[O-])s1. The van der Waals surface area contributed by atoms with Crippen LogP contribution >= 0.6 is 23.1 Å². The second-order valence-electron chi connectivity index (χ2n) is 2.90. The molecule has 0 atom stereocenters. The summed E-state index contributed by atoms with van der Waals surface area (Å²) < 4.78 is 5.78. The molecule has 0 aliphatic carbocycles. The van der Waals surface area contributed by atoms with Crippen LogP contribution in [-0.2, 0) is 0 Å². The number of benzene rings is 1. The molecule has 17 heavy (non-hydrogen) atoms. The van der Waals surface area contributed by atoms with Crippen molar-refractivity contribution in [3.05, 3.63) is 40.6 Å². The predicted octanol–water partition coefficient (Wildman–Crippen LogP) is 3.01. The van der Waals surface area contributed by atoms with Gasteiger partial charge in [-0.15, -0.1) is 0 Å². The lowest BCUT2D eigenvalue weighted by atomic mass is 10.3. The van der Waals surface area contributed by atoms with Crippen molar-refractivity contribution < 1.29 is 9.66 Å². The van der Waals surface area contributed by atoms with E-state index >= 15 is 0 Å². The summed E-state index contributed by atoms with van der Waals surface area (Å²) in [6.45, 7) is 0. The Bertz CT molecular complexity index is 542. The van der Waals surface area contributed by atoms with Crippen molar-refractivity contribution in [1.82, 2.24) is 4.98 Å². The summed E-state index contributed by atoms with van der Waals surface area (Å²) in [5.74, 6) is 0.701. The smallest absolute Gasteiger partial charge is 0.344 e. The maximum Gasteiger partial charge on any atom is 0.344 e. The molecule has 0 amide bonds. The number of methoxy groups -OCH3 is 1. The van der Waals surface area contributed by atoms with Crippen LogP contribution < -0.4 is 4.74 Å². The van der Waals surface area contributed by atoms with Gasteiger partial charge in [-0.3, -0.25) is 10.1 Å². The van der Waals surface area contributed by atoms with Gasteiger partial charge in [-0.05, 0) is 29.5 Å². The first-order chi connectivity index (χ1) is 8.20. The van der Waals surface area contributed by atoms with E-state index in [1.165, 1.54) is 18.0 Å². The van der Waals surface area contributed by atoms with E-state index in [1.807, 2.05) is 0 Å². The highest BCUT2D eigenvalue weighted by Crippen LogP contribution is 2.38. The highest BCUT2D eigenvalue weighted by atomic mass is 32.2. The number of thiazole rings is 1. The standard InChI is InChI=1S/C10H7N2O3S2/c1-15-7-4-2-3-5-8(7)16-10-11-6-9(17-10)12(13)14/h2,4-6H,1H3. The van der Waals surface area contributed by atoms with E-state index in [9.17, 15) is 10.1 Å². The number of nitro groups is 1. The Labute approximate surface area is 106 Å². The highest BCUT2D eigenvalue weighted by Gasteiger charge is 2.13. The third-order valence-corrected chi connectivity index (χ3v) is 3.92. The van der Waals surface area contributed by atoms with Crippen molar-refractivity contribution in [3.8, 4) is 5.75 Å². The summed E-state index contributed by atoms with van der Waals surface area (Å²) >= 11 is 2.36. The van der Waals surface area contributed by atoms with Gasteiger partial charge in [0.2, 0.25) is 0 Å². The first-order valence-electron chi connectivity index (χ1n) is 4.53. The fourth-order valence-corrected chi connectivity index (χ4v) is 2.95. The van der Waals surface area contributed by atoms with Gasteiger partial charge in [-0.2, -0.15) is 0 Å². The lowest BCUT2D eigenvalue weighted by Crippen LogP contribution is -1.84. The number of nitrogens with zero attached hydrogens (tertiary/aromatic N) is 2. The topological polar surface area (TPSA) is 65.3 Å². The molecule has 0 N–H and O–H groups in total. The van der Waals surface area contributed by atoms with Crippen LogP contribution in [0.2, 0.25) is 0 Å². The first-order valence-corrected chi connectivity index (χ1v) is 6.16. The third kappa shape index (κ3) is 2.75. The second-order valence-corrected chi connectivity index (χ2v) is 5.20. The van der Waals surface area contributed by atoms with Gasteiger partial charge in [0.05, 0.1) is 16.9 Å². The van der Waals surface area contributed by atoms with Gasteiger partial charge < -0.3 is 4.74 Å². The highest BCUT2D eigenvalue weighted by molar-refractivity contribution is 8.01. The molecule has 0 spiro atoms. The molecule has 0 fully saturated rings. The van der Waals surface area contributed by atoms with Crippen molar-refractivity contribution in [1.29, 1.82) is 0 Å². The zero-order chi connectivity index (χ0) is 12.3. The van der Waals surface area contributed by atoms with E-state index in [1.54, 1.807) is 25.3 Å². The Kier molecular flexibility index (Phi) is 3.60. The normalized spacial score (nSPS) is 10.2. The molecular formula is C10H7N2O3S2. The molecule has 2 aromatic rings. The molecule has 1 heterocycles. The molecule has 1 aromatic heterocycles. The maximum absolute atomic E-state index is 10.5. The van der Waals surface area contributed by atoms with Crippen LogP contribution in [0.4, 0.5) is 5.00 Å². The fourth-order valence-electron chi connectivity index (χ4n) is 1.12. The van der Waals surface area contributed by atoms with E-state index in [-0.39, 0.29) is 5.00 Å². The molecule has 87 valence electrons. The zero-order valence-corrected chi connectivity index (χ0v) is 10.4. The molecule has 0 saturated carbocycles. The molecule has 0 unspecified atom stereocenters. The Morgan fingerprint density at radius 1 is 1.65 bits per heavy atom. The van der Waals surface area contributed by atoms with E-state index in [2.05, 4.69) is 11.1 Å². The van der Waals surface area contributed by atoms with Crippen LogP contribution in [0.25, 0.3) is 0 Å². The quantitative estimate of drug-likeness (QED) is 0.629. The van der Waals surface area contributed by atoms with Crippen molar-refractivity contribution in [2.45, 2.75) is 9.24 Å². The van der Waals surface area contributed by atoms with Gasteiger partial charge in [0.25, 0.3) is 0 Å². The van der Waals surface area contributed by atoms with Crippen molar-refractivity contribution in [2.75, 3.05) is 7.11 Å². The third-order valence-electron chi connectivity index (χ3n) is 1.86. The van der Waals surface area contributed by atoms with E-state index in [0.29, 0.717) is 10.1 Å². The monoisotopic (exact) mass is 267 g/mol. The van der Waals surface area contributed by atoms with E-state index < -0.39 is 4.92 Å². The molecule has 0 aliphatic rings. The minimum atomic E-state index is -0.448. The number of rotatable bonds is 4. The summed E-state index contributed by atoms with van der Waals surface area (Å²) in [6, 6.07) is 8.21. The lowest BCUT2D eigenvalue weighted by Gasteiger charge is -2.04. The molecule has 7 heteroatoms. The average molecular weight is 267 g/mol. The molecule has 1 aromatic carbocycles. The predicted molar refractivity (Wildman–Crippen MR) is 64.7 cm³/mol. The molecule has 1 radical (unpaired) electrons. The summed E-state index contributed by atoms with van der Waals surface area (Å²) in [4.78, 5) is 14.9. The average Bonchev–Trinajstić information content (AvgIpc) is 2.78. The summed E-state index contributed by atoms with van der Waals surface area (Å²) in [5, 5.41) is 10.6. The van der Waals surface area contributed by atoms with Crippen LogP contribution in [-0.4, -0.2) is 17.0 Å². The van der Waals surface area contributed by atoms with Crippen LogP contribution in [0.3, 0.4) is 0 Å². The Hall–Kier alpha value is -1.60. The zero-order valence-electron chi connectivity index (χ0n) is 8.75. The van der Waals surface area contributed by atoms with Crippen molar-refractivity contribution in [2.24, 2.45) is 0 Å². The number of ether oxygens (including phenoxy) is 1. The second kappa shape index (κ2) is 5.15.